The second kappa shape index (κ2) is 12.2. The van der Waals surface area contributed by atoms with Crippen molar-refractivity contribution in [2.75, 3.05) is 47.4 Å². The van der Waals surface area contributed by atoms with Crippen LogP contribution in [0.25, 0.3) is 22.2 Å². The maximum absolute atomic E-state index is 15.2. The minimum atomic E-state index is -4.02. The van der Waals surface area contributed by atoms with E-state index in [-0.39, 0.29) is 41.2 Å². The first-order valence-electron chi connectivity index (χ1n) is 18.5. The number of carbonyl (C=O) groups excluding carboxylic acids is 3. The van der Waals surface area contributed by atoms with Gasteiger partial charge in [-0.15, -0.1) is 0 Å². The standard InChI is InChI=1S/C39H49N5O7S/c1-38(2,3)51-37(47)43-21-25-19-42(20-26(25)22-43)36(46)39-18-31(39)30-17-27(50-6)13-15-28(30)34-33(23-10-8-7-9-11-23)29-14-12-24(16-32(29)44(34)39)35(45)40-52(48,49)41(4)5/h12-17,23,25-26,31H,7-11,18-22H2,1-6H3,(H,40,45). The summed E-state index contributed by atoms with van der Waals surface area (Å²) in [5, 5.41) is 1.00. The lowest BCUT2D eigenvalue weighted by atomic mass is 9.80. The predicted octanol–water partition coefficient (Wildman–Crippen LogP) is 5.42. The molecule has 3 aromatic rings. The van der Waals surface area contributed by atoms with Crippen molar-refractivity contribution >= 4 is 39.0 Å². The van der Waals surface area contributed by atoms with Crippen LogP contribution in [0.5, 0.6) is 5.75 Å². The van der Waals surface area contributed by atoms with Gasteiger partial charge in [-0.25, -0.2) is 9.52 Å². The van der Waals surface area contributed by atoms with Crippen LogP contribution in [0.1, 0.15) is 92.6 Å². The first-order chi connectivity index (χ1) is 24.6. The second-order valence-corrected chi connectivity index (χ2v) is 18.5. The second-order valence-electron chi connectivity index (χ2n) is 16.6. The molecule has 8 rings (SSSR count). The number of amides is 3. The Morgan fingerprint density at radius 1 is 0.923 bits per heavy atom. The van der Waals surface area contributed by atoms with Crippen LogP contribution in [-0.4, -0.2) is 98.0 Å². The Morgan fingerprint density at radius 2 is 1.60 bits per heavy atom. The highest BCUT2D eigenvalue weighted by molar-refractivity contribution is 7.87. The SMILES string of the molecule is COc1ccc2c(c1)C1CC1(C(=O)N1CC3CN(C(=O)OC(C)(C)C)CC3C1)n1c-2c(C2CCCCC2)c2ccc(C(=O)NS(=O)(=O)N(C)C)cc21. The van der Waals surface area contributed by atoms with Crippen LogP contribution in [0.4, 0.5) is 4.79 Å². The molecule has 1 N–H and O–H groups in total. The third-order valence-corrected chi connectivity index (χ3v) is 13.4. The van der Waals surface area contributed by atoms with Gasteiger partial charge < -0.3 is 23.8 Å². The molecule has 3 aliphatic heterocycles. The van der Waals surface area contributed by atoms with E-state index in [0.29, 0.717) is 32.6 Å². The fraction of sp³-hybridized carbons (Fsp3) is 0.564. The number of methoxy groups -OCH3 is 1. The lowest BCUT2D eigenvalue weighted by molar-refractivity contribution is -0.135. The molecular formula is C39H49N5O7S. The molecular weight excluding hydrogens is 683 g/mol. The molecule has 12 nitrogen and oxygen atoms in total. The summed E-state index contributed by atoms with van der Waals surface area (Å²) in [6, 6.07) is 11.6. The van der Waals surface area contributed by atoms with E-state index in [1.54, 1.807) is 24.1 Å². The highest BCUT2D eigenvalue weighted by Gasteiger charge is 2.68. The molecule has 2 saturated carbocycles. The Balaban J connectivity index is 1.23. The highest BCUT2D eigenvalue weighted by Crippen LogP contribution is 2.67. The third-order valence-electron chi connectivity index (χ3n) is 12.0. The molecule has 0 radical (unpaired) electrons. The lowest BCUT2D eigenvalue weighted by Crippen LogP contribution is -2.45. The quantitative estimate of drug-likeness (QED) is 0.358. The molecule has 1 aromatic heterocycles. The van der Waals surface area contributed by atoms with Gasteiger partial charge in [-0.2, -0.15) is 12.7 Å². The first-order valence-corrected chi connectivity index (χ1v) is 20.0. The number of hydrogen-bond donors (Lipinski definition) is 1. The monoisotopic (exact) mass is 731 g/mol. The van der Waals surface area contributed by atoms with Crippen LogP contribution in [0, 0.1) is 11.8 Å². The number of fused-ring (bicyclic) bond motifs is 9. The number of benzene rings is 2. The van der Waals surface area contributed by atoms with Gasteiger partial charge in [-0.1, -0.05) is 25.3 Å². The number of rotatable bonds is 6. The average Bonchev–Trinajstić information content (AvgIpc) is 3.35. The van der Waals surface area contributed by atoms with Crippen molar-refractivity contribution in [1.82, 2.24) is 23.4 Å². The number of carbonyl (C=O) groups is 3. The Bertz CT molecular complexity index is 2080. The first kappa shape index (κ1) is 35.0. The molecule has 13 heteroatoms. The van der Waals surface area contributed by atoms with Crippen LogP contribution in [0.15, 0.2) is 36.4 Å². The molecule has 4 unspecified atom stereocenters. The van der Waals surface area contributed by atoms with Crippen molar-refractivity contribution in [3.63, 3.8) is 0 Å². The third kappa shape index (κ3) is 5.57. The van der Waals surface area contributed by atoms with E-state index in [1.807, 2.05) is 37.8 Å². The van der Waals surface area contributed by atoms with E-state index in [9.17, 15) is 18.0 Å². The molecule has 0 spiro atoms. The van der Waals surface area contributed by atoms with Gasteiger partial charge in [0.1, 0.15) is 16.9 Å². The predicted molar refractivity (Wildman–Crippen MR) is 197 cm³/mol. The van der Waals surface area contributed by atoms with Crippen LogP contribution in [-0.2, 0) is 25.3 Å². The van der Waals surface area contributed by atoms with Gasteiger partial charge in [0.2, 0.25) is 5.91 Å². The minimum Gasteiger partial charge on any atom is -0.497 e. The van der Waals surface area contributed by atoms with Crippen molar-refractivity contribution in [3.8, 4) is 17.0 Å². The lowest BCUT2D eigenvalue weighted by Gasteiger charge is -2.34. The summed E-state index contributed by atoms with van der Waals surface area (Å²) in [6.45, 7) is 7.82. The van der Waals surface area contributed by atoms with Gasteiger partial charge in [0.25, 0.3) is 5.91 Å². The zero-order valence-electron chi connectivity index (χ0n) is 30.9. The molecule has 4 atom stereocenters. The summed E-state index contributed by atoms with van der Waals surface area (Å²) in [5.74, 6) is 0.585. The molecule has 4 fully saturated rings. The number of likely N-dealkylation sites (tertiary alicyclic amines) is 2. The zero-order chi connectivity index (χ0) is 36.9. The topological polar surface area (TPSA) is 130 Å². The van der Waals surface area contributed by atoms with Gasteiger partial charge in [0.05, 0.1) is 18.3 Å². The maximum Gasteiger partial charge on any atom is 0.410 e. The van der Waals surface area contributed by atoms with E-state index in [1.165, 1.54) is 26.1 Å². The molecule has 2 saturated heterocycles. The summed E-state index contributed by atoms with van der Waals surface area (Å²) < 4.78 is 42.1. The number of nitrogens with zero attached hydrogens (tertiary/aromatic N) is 4. The van der Waals surface area contributed by atoms with Crippen molar-refractivity contribution in [3.05, 3.63) is 53.1 Å². The summed E-state index contributed by atoms with van der Waals surface area (Å²) in [4.78, 5) is 45.4. The fourth-order valence-electron chi connectivity index (χ4n) is 9.48. The Hall–Kier alpha value is -4.10. The molecule has 5 aliphatic rings. The molecule has 278 valence electrons. The van der Waals surface area contributed by atoms with E-state index >= 15 is 4.79 Å². The minimum absolute atomic E-state index is 0.0579. The summed E-state index contributed by atoms with van der Waals surface area (Å²) >= 11 is 0. The largest absolute Gasteiger partial charge is 0.497 e. The van der Waals surface area contributed by atoms with Crippen molar-refractivity contribution in [2.45, 2.75) is 82.3 Å². The molecule has 2 aliphatic carbocycles. The Kier molecular flexibility index (Phi) is 8.22. The van der Waals surface area contributed by atoms with Crippen molar-refractivity contribution < 1.29 is 32.3 Å². The van der Waals surface area contributed by atoms with E-state index in [0.717, 1.165) is 63.5 Å². The van der Waals surface area contributed by atoms with Crippen LogP contribution in [0.2, 0.25) is 0 Å². The maximum atomic E-state index is 15.2. The molecule has 4 heterocycles. The summed E-state index contributed by atoms with van der Waals surface area (Å²) in [5.41, 5.74) is 3.92. The van der Waals surface area contributed by atoms with Gasteiger partial charge >= 0.3 is 16.3 Å². The van der Waals surface area contributed by atoms with Gasteiger partial charge in [-0.3, -0.25) is 9.59 Å². The van der Waals surface area contributed by atoms with Gasteiger partial charge in [0, 0.05) is 74.5 Å². The average molecular weight is 732 g/mol. The molecule has 0 bridgehead atoms. The number of ether oxygens (including phenoxy) is 2. The molecule has 2 aromatic carbocycles. The Labute approximate surface area is 305 Å². The normalized spacial score (nSPS) is 25.4. The molecule has 52 heavy (non-hydrogen) atoms. The Morgan fingerprint density at radius 3 is 2.23 bits per heavy atom. The number of hydrogen-bond acceptors (Lipinski definition) is 7. The van der Waals surface area contributed by atoms with E-state index in [2.05, 4.69) is 21.4 Å². The van der Waals surface area contributed by atoms with Crippen molar-refractivity contribution in [1.29, 1.82) is 0 Å². The number of aromatic nitrogens is 1. The van der Waals surface area contributed by atoms with Gasteiger partial charge in [-0.05, 0) is 87.4 Å². The fourth-order valence-corrected chi connectivity index (χ4v) is 10.0. The van der Waals surface area contributed by atoms with E-state index < -0.39 is 27.3 Å². The van der Waals surface area contributed by atoms with E-state index in [4.69, 9.17) is 9.47 Å². The smallest absolute Gasteiger partial charge is 0.410 e. The van der Waals surface area contributed by atoms with Crippen LogP contribution >= 0.6 is 0 Å². The summed E-state index contributed by atoms with van der Waals surface area (Å²) in [7, 11) is 0.382. The van der Waals surface area contributed by atoms with Crippen LogP contribution in [0.3, 0.4) is 0 Å². The highest BCUT2D eigenvalue weighted by atomic mass is 32.2. The van der Waals surface area contributed by atoms with Crippen molar-refractivity contribution in [2.24, 2.45) is 11.8 Å². The van der Waals surface area contributed by atoms with Gasteiger partial charge in [0.15, 0.2) is 0 Å². The number of nitrogens with one attached hydrogen (secondary N) is 1. The molecule has 3 amide bonds. The zero-order valence-corrected chi connectivity index (χ0v) is 31.7. The summed E-state index contributed by atoms with van der Waals surface area (Å²) in [6.07, 6.45) is 5.81. The van der Waals surface area contributed by atoms with Crippen LogP contribution < -0.4 is 9.46 Å².